The molecule has 0 aromatic heterocycles. The van der Waals surface area contributed by atoms with Gasteiger partial charge in [-0.2, -0.15) is 4.72 Å². The zero-order chi connectivity index (χ0) is 10.8. The van der Waals surface area contributed by atoms with E-state index in [1.165, 1.54) is 24.3 Å². The highest BCUT2D eigenvalue weighted by molar-refractivity contribution is 7.88. The Morgan fingerprint density at radius 3 is 2.64 bits per heavy atom. The summed E-state index contributed by atoms with van der Waals surface area (Å²) in [5, 5.41) is 10.5. The summed E-state index contributed by atoms with van der Waals surface area (Å²) < 4.78 is 23.8. The van der Waals surface area contributed by atoms with Gasteiger partial charge in [-0.25, -0.2) is 8.42 Å². The summed E-state index contributed by atoms with van der Waals surface area (Å²) in [6.07, 6.45) is 6.67. The molecule has 1 aliphatic rings. The fourth-order valence-corrected chi connectivity index (χ4v) is 1.64. The predicted octanol–water partition coefficient (Wildman–Crippen LogP) is -0.161. The molecule has 1 atom stereocenters. The van der Waals surface area contributed by atoms with Crippen LogP contribution >= 0.6 is 0 Å². The monoisotopic (exact) mass is 217 g/mol. The van der Waals surface area contributed by atoms with Crippen LogP contribution in [0.3, 0.4) is 0 Å². The molecule has 0 aliphatic heterocycles. The second-order valence-corrected chi connectivity index (χ2v) is 4.55. The molecule has 0 heterocycles. The van der Waals surface area contributed by atoms with Crippen molar-refractivity contribution >= 4 is 10.0 Å². The van der Waals surface area contributed by atoms with Crippen molar-refractivity contribution < 1.29 is 13.3 Å². The molecular formula is C7H9N2O4S. The van der Waals surface area contributed by atoms with E-state index in [0.717, 1.165) is 6.26 Å². The van der Waals surface area contributed by atoms with E-state index >= 15 is 0 Å². The Hall–Kier alpha value is -1.21. The normalized spacial score (nSPS) is 22.5. The first-order chi connectivity index (χ1) is 6.40. The van der Waals surface area contributed by atoms with E-state index in [-0.39, 0.29) is 6.04 Å². The first kappa shape index (κ1) is 10.9. The van der Waals surface area contributed by atoms with Crippen LogP contribution in [0.2, 0.25) is 0 Å². The number of allylic oxidation sites excluding steroid dienone is 2. The van der Waals surface area contributed by atoms with E-state index in [1.54, 1.807) is 0 Å². The van der Waals surface area contributed by atoms with Crippen molar-refractivity contribution in [1.82, 2.24) is 4.72 Å². The molecule has 1 aliphatic carbocycles. The van der Waals surface area contributed by atoms with E-state index in [9.17, 15) is 18.5 Å². The predicted molar refractivity (Wildman–Crippen MR) is 50.3 cm³/mol. The number of rotatable bonds is 3. The first-order valence-electron chi connectivity index (χ1n) is 3.73. The topological polar surface area (TPSA) is 89.3 Å². The first-order valence-corrected chi connectivity index (χ1v) is 5.62. The SMILES string of the molecule is CS(=O)(=O)N[C]1C=CC=C[C@H]1[N+](=O)[O-]. The summed E-state index contributed by atoms with van der Waals surface area (Å²) in [6.45, 7) is 0. The fraction of sp³-hybridized carbons (Fsp3) is 0.286. The van der Waals surface area contributed by atoms with Gasteiger partial charge >= 0.3 is 0 Å². The van der Waals surface area contributed by atoms with Crippen molar-refractivity contribution in [2.45, 2.75) is 6.04 Å². The number of sulfonamides is 1. The van der Waals surface area contributed by atoms with E-state index in [2.05, 4.69) is 4.72 Å². The summed E-state index contributed by atoms with van der Waals surface area (Å²) in [7, 11) is -3.47. The summed E-state index contributed by atoms with van der Waals surface area (Å²) in [4.78, 5) is 9.95. The molecule has 0 saturated carbocycles. The number of hydrogen-bond donors (Lipinski definition) is 1. The molecule has 0 amide bonds. The molecule has 1 rings (SSSR count). The highest BCUT2D eigenvalue weighted by Crippen LogP contribution is 2.15. The maximum Gasteiger partial charge on any atom is 0.256 e. The van der Waals surface area contributed by atoms with Crippen LogP contribution in [0.25, 0.3) is 0 Å². The Bertz CT molecular complexity index is 384. The summed E-state index contributed by atoms with van der Waals surface area (Å²) in [5.41, 5.74) is 0. The van der Waals surface area contributed by atoms with Gasteiger partial charge < -0.3 is 0 Å². The second-order valence-electron chi connectivity index (χ2n) is 2.80. The summed E-state index contributed by atoms with van der Waals surface area (Å²) >= 11 is 0. The molecule has 0 spiro atoms. The van der Waals surface area contributed by atoms with Gasteiger partial charge in [0, 0.05) is 4.92 Å². The van der Waals surface area contributed by atoms with Gasteiger partial charge in [0.1, 0.15) is 0 Å². The average Bonchev–Trinajstić information content (AvgIpc) is 2.01. The lowest BCUT2D eigenvalue weighted by Crippen LogP contribution is -2.38. The molecule has 14 heavy (non-hydrogen) atoms. The Morgan fingerprint density at radius 2 is 2.14 bits per heavy atom. The third-order valence-corrected chi connectivity index (χ3v) is 2.14. The minimum absolute atomic E-state index is 0.0556. The molecule has 77 valence electrons. The Morgan fingerprint density at radius 1 is 1.50 bits per heavy atom. The minimum atomic E-state index is -3.47. The fourth-order valence-electron chi connectivity index (χ4n) is 1.02. The van der Waals surface area contributed by atoms with Crippen LogP contribution in [0, 0.1) is 16.2 Å². The number of hydrogen-bond acceptors (Lipinski definition) is 4. The standard InChI is InChI=1S/C7H9N2O4S/c1-14(12,13)8-6-4-2-3-5-7(6)9(10)11/h2-5,7-8H,1H3/t7-/m1/s1. The van der Waals surface area contributed by atoms with Crippen LogP contribution in [0.5, 0.6) is 0 Å². The van der Waals surface area contributed by atoms with Gasteiger partial charge in [-0.05, 0) is 6.08 Å². The smallest absolute Gasteiger partial charge is 0.256 e. The molecule has 7 heteroatoms. The molecule has 0 fully saturated rings. The zero-order valence-electron chi connectivity index (χ0n) is 7.38. The van der Waals surface area contributed by atoms with Crippen molar-refractivity contribution in [2.24, 2.45) is 0 Å². The maximum atomic E-state index is 10.9. The van der Waals surface area contributed by atoms with Gasteiger partial charge in [0.15, 0.2) is 6.04 Å². The zero-order valence-corrected chi connectivity index (χ0v) is 8.19. The van der Waals surface area contributed by atoms with Crippen molar-refractivity contribution in [1.29, 1.82) is 0 Å². The summed E-state index contributed by atoms with van der Waals surface area (Å²) in [6, 6.07) is -1.06. The van der Waals surface area contributed by atoms with Crippen molar-refractivity contribution in [2.75, 3.05) is 6.26 Å². The molecule has 0 aromatic carbocycles. The average molecular weight is 217 g/mol. The Kier molecular flexibility index (Phi) is 3.02. The largest absolute Gasteiger partial charge is 0.264 e. The molecule has 1 N–H and O–H groups in total. The van der Waals surface area contributed by atoms with Gasteiger partial charge in [0.2, 0.25) is 10.0 Å². The van der Waals surface area contributed by atoms with Crippen molar-refractivity contribution in [3.63, 3.8) is 0 Å². The molecule has 6 nitrogen and oxygen atoms in total. The van der Waals surface area contributed by atoms with Crippen molar-refractivity contribution in [3.05, 3.63) is 40.5 Å². The van der Waals surface area contributed by atoms with Crippen LogP contribution in [0.1, 0.15) is 0 Å². The van der Waals surface area contributed by atoms with Gasteiger partial charge in [-0.15, -0.1) is 0 Å². The van der Waals surface area contributed by atoms with E-state index in [0.29, 0.717) is 0 Å². The third-order valence-electron chi connectivity index (χ3n) is 1.53. The maximum absolute atomic E-state index is 10.9. The van der Waals surface area contributed by atoms with Crippen LogP contribution in [0.15, 0.2) is 24.3 Å². The van der Waals surface area contributed by atoms with Gasteiger partial charge in [0.25, 0.3) is 6.04 Å². The van der Waals surface area contributed by atoms with E-state index in [4.69, 9.17) is 0 Å². The molecular weight excluding hydrogens is 208 g/mol. The number of nitro groups is 1. The lowest BCUT2D eigenvalue weighted by Gasteiger charge is -2.16. The van der Waals surface area contributed by atoms with Gasteiger partial charge in [0.05, 0.1) is 6.26 Å². The van der Waals surface area contributed by atoms with Crippen LogP contribution in [-0.2, 0) is 10.0 Å². The highest BCUT2D eigenvalue weighted by atomic mass is 32.2. The summed E-state index contributed by atoms with van der Waals surface area (Å²) in [5.74, 6) is 0. The Labute approximate surface area is 81.5 Å². The molecule has 1 radical (unpaired) electrons. The van der Waals surface area contributed by atoms with E-state index < -0.39 is 21.0 Å². The van der Waals surface area contributed by atoms with Gasteiger partial charge in [-0.3, -0.25) is 10.1 Å². The third kappa shape index (κ3) is 2.93. The van der Waals surface area contributed by atoms with E-state index in [1.807, 2.05) is 0 Å². The molecule has 0 aromatic rings. The number of nitrogens with zero attached hydrogens (tertiary/aromatic N) is 1. The number of nitrogens with one attached hydrogen (secondary N) is 1. The minimum Gasteiger partial charge on any atom is -0.264 e. The van der Waals surface area contributed by atoms with Crippen LogP contribution in [-0.4, -0.2) is 25.6 Å². The molecule has 0 unspecified atom stereocenters. The second kappa shape index (κ2) is 3.89. The molecule has 0 saturated heterocycles. The molecule has 0 bridgehead atoms. The highest BCUT2D eigenvalue weighted by Gasteiger charge is 2.31. The quantitative estimate of drug-likeness (QED) is 0.525. The lowest BCUT2D eigenvalue weighted by atomic mass is 10.1. The van der Waals surface area contributed by atoms with Crippen LogP contribution < -0.4 is 4.72 Å². The lowest BCUT2D eigenvalue weighted by molar-refractivity contribution is -0.504. The van der Waals surface area contributed by atoms with Gasteiger partial charge in [-0.1, -0.05) is 18.2 Å². The Balaban J connectivity index is 2.82. The van der Waals surface area contributed by atoms with Crippen molar-refractivity contribution in [3.8, 4) is 0 Å². The van der Waals surface area contributed by atoms with Crippen LogP contribution in [0.4, 0.5) is 0 Å².